The van der Waals surface area contributed by atoms with E-state index >= 15 is 0 Å². The van der Waals surface area contributed by atoms with Crippen molar-refractivity contribution in [2.45, 2.75) is 26.1 Å². The molecule has 0 saturated carbocycles. The number of benzene rings is 1. The van der Waals surface area contributed by atoms with E-state index in [9.17, 15) is 0 Å². The van der Waals surface area contributed by atoms with Crippen molar-refractivity contribution in [1.29, 1.82) is 0 Å². The highest BCUT2D eigenvalue weighted by atomic mass is 16.5. The molecule has 2 rings (SSSR count). The Morgan fingerprint density at radius 3 is 2.75 bits per heavy atom. The van der Waals surface area contributed by atoms with Crippen LogP contribution in [-0.4, -0.2) is 33.8 Å². The van der Waals surface area contributed by atoms with E-state index in [2.05, 4.69) is 22.6 Å². The summed E-state index contributed by atoms with van der Waals surface area (Å²) in [5, 5.41) is 20.2. The van der Waals surface area contributed by atoms with Crippen LogP contribution < -0.4 is 10.1 Å². The molecule has 1 aromatic heterocycles. The predicted octanol–water partition coefficient (Wildman–Crippen LogP) is 1.13. The molecule has 2 aromatic rings. The van der Waals surface area contributed by atoms with Crippen LogP contribution in [0.5, 0.6) is 5.75 Å². The van der Waals surface area contributed by atoms with Gasteiger partial charge in [0.15, 0.2) is 0 Å². The van der Waals surface area contributed by atoms with Gasteiger partial charge in [-0.1, -0.05) is 17.3 Å². The third-order valence-corrected chi connectivity index (χ3v) is 3.12. The first kappa shape index (κ1) is 14.5. The number of aromatic nitrogens is 3. The highest BCUT2D eigenvalue weighted by Crippen LogP contribution is 2.17. The van der Waals surface area contributed by atoms with E-state index in [1.807, 2.05) is 30.5 Å². The summed E-state index contributed by atoms with van der Waals surface area (Å²) in [7, 11) is 1.66. The number of rotatable bonds is 7. The quantitative estimate of drug-likeness (QED) is 0.793. The van der Waals surface area contributed by atoms with Crippen LogP contribution in [0.3, 0.4) is 0 Å². The minimum atomic E-state index is 0.0679. The Morgan fingerprint density at radius 2 is 2.10 bits per heavy atom. The Balaban J connectivity index is 1.88. The van der Waals surface area contributed by atoms with Crippen LogP contribution in [-0.2, 0) is 13.1 Å². The molecule has 0 fully saturated rings. The molecule has 0 unspecified atom stereocenters. The molecule has 0 spiro atoms. The second-order valence-electron chi connectivity index (χ2n) is 4.57. The first-order chi connectivity index (χ1) is 9.72. The monoisotopic (exact) mass is 276 g/mol. The van der Waals surface area contributed by atoms with Gasteiger partial charge in [0.05, 0.1) is 26.0 Å². The summed E-state index contributed by atoms with van der Waals surface area (Å²) in [6.07, 6.45) is 1.84. The van der Waals surface area contributed by atoms with Crippen LogP contribution in [0.1, 0.15) is 24.2 Å². The van der Waals surface area contributed by atoms with E-state index in [1.54, 1.807) is 11.8 Å². The van der Waals surface area contributed by atoms with Crippen molar-refractivity contribution < 1.29 is 9.84 Å². The molecule has 0 amide bonds. The fraction of sp³-hybridized carbons (Fsp3) is 0.429. The Morgan fingerprint density at radius 1 is 1.35 bits per heavy atom. The minimum absolute atomic E-state index is 0.0679. The normalized spacial score (nSPS) is 12.3. The molecule has 1 heterocycles. The molecule has 0 bridgehead atoms. The topological polar surface area (TPSA) is 72.2 Å². The maximum atomic E-state index is 8.82. The van der Waals surface area contributed by atoms with Crippen molar-refractivity contribution >= 4 is 0 Å². The highest BCUT2D eigenvalue weighted by molar-refractivity contribution is 5.28. The minimum Gasteiger partial charge on any atom is -0.497 e. The van der Waals surface area contributed by atoms with Gasteiger partial charge < -0.3 is 15.2 Å². The number of aliphatic hydroxyl groups excluding tert-OH is 1. The third-order valence-electron chi connectivity index (χ3n) is 3.12. The van der Waals surface area contributed by atoms with Crippen molar-refractivity contribution in [3.63, 3.8) is 0 Å². The highest BCUT2D eigenvalue weighted by Gasteiger charge is 2.07. The van der Waals surface area contributed by atoms with E-state index in [1.165, 1.54) is 5.56 Å². The van der Waals surface area contributed by atoms with Gasteiger partial charge in [0.2, 0.25) is 0 Å². The van der Waals surface area contributed by atoms with Gasteiger partial charge in [-0.05, 0) is 24.6 Å². The summed E-state index contributed by atoms with van der Waals surface area (Å²) in [4.78, 5) is 0. The predicted molar refractivity (Wildman–Crippen MR) is 75.4 cm³/mol. The first-order valence-electron chi connectivity index (χ1n) is 6.60. The SMILES string of the molecule is COc1ccc([C@@H](C)NCc2cn(CCO)nn2)cc1. The van der Waals surface area contributed by atoms with Crippen molar-refractivity contribution in [1.82, 2.24) is 20.3 Å². The smallest absolute Gasteiger partial charge is 0.118 e. The average Bonchev–Trinajstić information content (AvgIpc) is 2.93. The van der Waals surface area contributed by atoms with Crippen LogP contribution >= 0.6 is 0 Å². The van der Waals surface area contributed by atoms with Crippen LogP contribution in [0.15, 0.2) is 30.5 Å². The standard InChI is InChI=1S/C14H20N4O2/c1-11(12-3-5-14(20-2)6-4-12)15-9-13-10-18(7-8-19)17-16-13/h3-6,10-11,15,19H,7-9H2,1-2H3/t11-/m1/s1. The Bertz CT molecular complexity index is 524. The lowest BCUT2D eigenvalue weighted by Gasteiger charge is -2.13. The van der Waals surface area contributed by atoms with E-state index in [-0.39, 0.29) is 12.6 Å². The molecule has 2 N–H and O–H groups in total. The van der Waals surface area contributed by atoms with Crippen LogP contribution in [0.2, 0.25) is 0 Å². The molecule has 20 heavy (non-hydrogen) atoms. The van der Waals surface area contributed by atoms with Crippen molar-refractivity contribution in [2.75, 3.05) is 13.7 Å². The molecular weight excluding hydrogens is 256 g/mol. The lowest BCUT2D eigenvalue weighted by atomic mass is 10.1. The van der Waals surface area contributed by atoms with Gasteiger partial charge in [-0.15, -0.1) is 5.10 Å². The van der Waals surface area contributed by atoms with Crippen LogP contribution in [0.4, 0.5) is 0 Å². The lowest BCUT2D eigenvalue weighted by molar-refractivity contribution is 0.268. The van der Waals surface area contributed by atoms with Gasteiger partial charge >= 0.3 is 0 Å². The summed E-state index contributed by atoms with van der Waals surface area (Å²) >= 11 is 0. The molecule has 0 aliphatic heterocycles. The van der Waals surface area contributed by atoms with Crippen molar-refractivity contribution in [3.05, 3.63) is 41.7 Å². The molecule has 108 valence electrons. The number of nitrogens with zero attached hydrogens (tertiary/aromatic N) is 3. The van der Waals surface area contributed by atoms with Crippen molar-refractivity contribution in [2.24, 2.45) is 0 Å². The Kier molecular flexibility index (Phi) is 5.09. The van der Waals surface area contributed by atoms with Gasteiger partial charge in [0.1, 0.15) is 5.75 Å². The maximum Gasteiger partial charge on any atom is 0.118 e. The Hall–Kier alpha value is -1.92. The number of methoxy groups -OCH3 is 1. The number of aliphatic hydroxyl groups is 1. The molecule has 0 radical (unpaired) electrons. The zero-order valence-corrected chi connectivity index (χ0v) is 11.8. The summed E-state index contributed by atoms with van der Waals surface area (Å²) < 4.78 is 6.78. The maximum absolute atomic E-state index is 8.82. The van der Waals surface area contributed by atoms with Gasteiger partial charge in [0, 0.05) is 18.8 Å². The number of nitrogens with one attached hydrogen (secondary N) is 1. The van der Waals surface area contributed by atoms with Gasteiger partial charge in [0.25, 0.3) is 0 Å². The summed E-state index contributed by atoms with van der Waals surface area (Å²) in [6.45, 7) is 3.28. The fourth-order valence-corrected chi connectivity index (χ4v) is 1.90. The summed E-state index contributed by atoms with van der Waals surface area (Å²) in [5.74, 6) is 0.855. The molecule has 0 aliphatic rings. The van der Waals surface area contributed by atoms with Gasteiger partial charge in [-0.2, -0.15) is 0 Å². The second-order valence-corrected chi connectivity index (χ2v) is 4.57. The van der Waals surface area contributed by atoms with Crippen LogP contribution in [0, 0.1) is 0 Å². The number of hydrogen-bond acceptors (Lipinski definition) is 5. The zero-order valence-electron chi connectivity index (χ0n) is 11.8. The molecule has 0 aliphatic carbocycles. The molecule has 1 aromatic carbocycles. The van der Waals surface area contributed by atoms with E-state index < -0.39 is 0 Å². The van der Waals surface area contributed by atoms with E-state index in [0.717, 1.165) is 11.4 Å². The summed E-state index contributed by atoms with van der Waals surface area (Å²) in [5.41, 5.74) is 2.05. The first-order valence-corrected chi connectivity index (χ1v) is 6.60. The fourth-order valence-electron chi connectivity index (χ4n) is 1.90. The van der Waals surface area contributed by atoms with Crippen LogP contribution in [0.25, 0.3) is 0 Å². The molecular formula is C14H20N4O2. The third kappa shape index (κ3) is 3.79. The average molecular weight is 276 g/mol. The number of hydrogen-bond donors (Lipinski definition) is 2. The Labute approximate surface area is 118 Å². The lowest BCUT2D eigenvalue weighted by Crippen LogP contribution is -2.18. The molecule has 0 saturated heterocycles. The van der Waals surface area contributed by atoms with E-state index in [4.69, 9.17) is 9.84 Å². The largest absolute Gasteiger partial charge is 0.497 e. The molecule has 1 atom stereocenters. The zero-order chi connectivity index (χ0) is 14.4. The second kappa shape index (κ2) is 7.02. The molecule has 6 nitrogen and oxygen atoms in total. The van der Waals surface area contributed by atoms with Gasteiger partial charge in [-0.3, -0.25) is 0 Å². The van der Waals surface area contributed by atoms with Gasteiger partial charge in [-0.25, -0.2) is 4.68 Å². The summed E-state index contributed by atoms with van der Waals surface area (Å²) in [6, 6.07) is 8.19. The number of ether oxygens (including phenoxy) is 1. The van der Waals surface area contributed by atoms with E-state index in [0.29, 0.717) is 13.1 Å². The molecule has 6 heteroatoms. The van der Waals surface area contributed by atoms with Crippen molar-refractivity contribution in [3.8, 4) is 5.75 Å².